The van der Waals surface area contributed by atoms with E-state index >= 15 is 0 Å². The molecule has 0 fully saturated rings. The fourth-order valence-corrected chi connectivity index (χ4v) is 3.19. The molecular formula is C25H27FN2O4. The number of para-hydroxylation sites is 1. The van der Waals surface area contributed by atoms with Gasteiger partial charge in [-0.3, -0.25) is 0 Å². The highest BCUT2D eigenvalue weighted by atomic mass is 19.1. The van der Waals surface area contributed by atoms with Gasteiger partial charge in [0.1, 0.15) is 29.6 Å². The van der Waals surface area contributed by atoms with Gasteiger partial charge in [-0.2, -0.15) is 9.78 Å². The van der Waals surface area contributed by atoms with Crippen molar-refractivity contribution < 1.29 is 23.5 Å². The maximum Gasteiger partial charge on any atom is 0.435 e. The lowest BCUT2D eigenvalue weighted by molar-refractivity contribution is -0.108. The fourth-order valence-electron chi connectivity index (χ4n) is 3.19. The van der Waals surface area contributed by atoms with E-state index in [-0.39, 0.29) is 5.82 Å². The monoisotopic (exact) mass is 438 g/mol. The van der Waals surface area contributed by atoms with Crippen LogP contribution >= 0.6 is 0 Å². The first kappa shape index (κ1) is 23.2. The second kappa shape index (κ2) is 10.2. The molecule has 0 N–H and O–H groups in total. The standard InChI is InChI=1S/C25H27FN2O4/c1-25(2,3)32-24(30)28-17-21(23(27-28)18-12-14-19(26)15-13-18)22(11-7-8-16-29)31-20-9-5-4-6-10-20/h4-6,9-10,12-17,22H,7-8,11H2,1-3H3. The number of rotatable bonds is 8. The lowest BCUT2D eigenvalue weighted by Gasteiger charge is -2.19. The first-order chi connectivity index (χ1) is 15.3. The molecule has 32 heavy (non-hydrogen) atoms. The number of nitrogens with zero attached hydrogens (tertiary/aromatic N) is 2. The molecule has 2 aromatic carbocycles. The van der Waals surface area contributed by atoms with Gasteiger partial charge in [0.05, 0.1) is 5.69 Å². The Morgan fingerprint density at radius 1 is 1.12 bits per heavy atom. The molecular weight excluding hydrogens is 411 g/mol. The van der Waals surface area contributed by atoms with E-state index in [2.05, 4.69) is 5.10 Å². The number of unbranched alkanes of at least 4 members (excludes halogenated alkanes) is 1. The van der Waals surface area contributed by atoms with Crippen LogP contribution in [0.25, 0.3) is 11.3 Å². The zero-order chi connectivity index (χ0) is 23.1. The van der Waals surface area contributed by atoms with E-state index in [9.17, 15) is 14.0 Å². The number of ether oxygens (including phenoxy) is 2. The summed E-state index contributed by atoms with van der Waals surface area (Å²) in [6.45, 7) is 5.32. The van der Waals surface area contributed by atoms with E-state index in [1.165, 1.54) is 12.1 Å². The van der Waals surface area contributed by atoms with Gasteiger partial charge in [0, 0.05) is 23.7 Å². The van der Waals surface area contributed by atoms with Crippen LogP contribution in [0.1, 0.15) is 51.7 Å². The fraction of sp³-hybridized carbons (Fsp3) is 0.320. The van der Waals surface area contributed by atoms with Crippen molar-refractivity contribution in [2.45, 2.75) is 51.7 Å². The third kappa shape index (κ3) is 6.26. The van der Waals surface area contributed by atoms with Crippen LogP contribution in [0.15, 0.2) is 60.8 Å². The largest absolute Gasteiger partial charge is 0.486 e. The van der Waals surface area contributed by atoms with Crippen molar-refractivity contribution >= 4 is 12.4 Å². The van der Waals surface area contributed by atoms with Crippen LogP contribution in [0.3, 0.4) is 0 Å². The highest BCUT2D eigenvalue weighted by molar-refractivity contribution is 5.73. The summed E-state index contributed by atoms with van der Waals surface area (Å²) in [6.07, 6.45) is 2.86. The Balaban J connectivity index is 2.04. The summed E-state index contributed by atoms with van der Waals surface area (Å²) in [4.78, 5) is 23.6. The highest BCUT2D eigenvalue weighted by Gasteiger charge is 2.26. The van der Waals surface area contributed by atoms with Crippen molar-refractivity contribution in [1.29, 1.82) is 0 Å². The van der Waals surface area contributed by atoms with Crippen LogP contribution in [0.4, 0.5) is 9.18 Å². The molecule has 0 amide bonds. The van der Waals surface area contributed by atoms with Crippen molar-refractivity contribution in [2.75, 3.05) is 0 Å². The summed E-state index contributed by atoms with van der Waals surface area (Å²) < 4.78 is 26.3. The third-order valence-electron chi connectivity index (χ3n) is 4.60. The van der Waals surface area contributed by atoms with E-state index in [1.54, 1.807) is 39.1 Å². The SMILES string of the molecule is CC(C)(C)OC(=O)n1cc(C(CCCC=O)Oc2ccccc2)c(-c2ccc(F)cc2)n1. The predicted octanol–water partition coefficient (Wildman–Crippen LogP) is 5.96. The van der Waals surface area contributed by atoms with Crippen molar-refractivity contribution in [3.63, 3.8) is 0 Å². The molecule has 0 aliphatic heterocycles. The Bertz CT molecular complexity index is 1040. The summed E-state index contributed by atoms with van der Waals surface area (Å²) >= 11 is 0. The molecule has 0 saturated heterocycles. The first-order valence-electron chi connectivity index (χ1n) is 10.5. The van der Waals surface area contributed by atoms with Crippen LogP contribution in [0, 0.1) is 5.82 Å². The molecule has 0 spiro atoms. The summed E-state index contributed by atoms with van der Waals surface area (Å²) in [7, 11) is 0. The van der Waals surface area contributed by atoms with Gasteiger partial charge in [0.25, 0.3) is 0 Å². The third-order valence-corrected chi connectivity index (χ3v) is 4.60. The smallest absolute Gasteiger partial charge is 0.435 e. The lowest BCUT2D eigenvalue weighted by Crippen LogP contribution is -2.27. The predicted molar refractivity (Wildman–Crippen MR) is 119 cm³/mol. The Hall–Kier alpha value is -3.48. The van der Waals surface area contributed by atoms with Gasteiger partial charge in [0.2, 0.25) is 0 Å². The average Bonchev–Trinajstić information content (AvgIpc) is 3.19. The maximum atomic E-state index is 13.5. The first-order valence-corrected chi connectivity index (χ1v) is 10.5. The molecule has 0 aliphatic carbocycles. The molecule has 1 unspecified atom stereocenters. The Morgan fingerprint density at radius 3 is 2.44 bits per heavy atom. The number of benzene rings is 2. The van der Waals surface area contributed by atoms with E-state index < -0.39 is 17.8 Å². The van der Waals surface area contributed by atoms with Crippen LogP contribution in [0.5, 0.6) is 5.75 Å². The number of hydrogen-bond acceptors (Lipinski definition) is 5. The van der Waals surface area contributed by atoms with Gasteiger partial charge in [-0.25, -0.2) is 9.18 Å². The van der Waals surface area contributed by atoms with Crippen LogP contribution in [-0.4, -0.2) is 27.8 Å². The molecule has 3 aromatic rings. The number of hydrogen-bond donors (Lipinski definition) is 0. The summed E-state index contributed by atoms with van der Waals surface area (Å²) in [6, 6.07) is 15.2. The number of aldehydes is 1. The molecule has 0 aliphatic rings. The normalized spacial score (nSPS) is 12.2. The van der Waals surface area contributed by atoms with Crippen LogP contribution in [0.2, 0.25) is 0 Å². The number of carbonyl (C=O) groups excluding carboxylic acids is 2. The van der Waals surface area contributed by atoms with Crippen LogP contribution in [-0.2, 0) is 9.53 Å². The summed E-state index contributed by atoms with van der Waals surface area (Å²) in [5, 5.41) is 4.46. The average molecular weight is 438 g/mol. The topological polar surface area (TPSA) is 70.4 Å². The molecule has 0 saturated carbocycles. The minimum atomic E-state index is -0.691. The van der Waals surface area contributed by atoms with Gasteiger partial charge < -0.3 is 14.3 Å². The lowest BCUT2D eigenvalue weighted by atomic mass is 10.00. The van der Waals surface area contributed by atoms with Crippen molar-refractivity contribution in [3.8, 4) is 17.0 Å². The molecule has 6 nitrogen and oxygen atoms in total. The van der Waals surface area contributed by atoms with Gasteiger partial charge in [-0.1, -0.05) is 18.2 Å². The molecule has 3 rings (SSSR count). The van der Waals surface area contributed by atoms with E-state index in [0.717, 1.165) is 11.0 Å². The molecule has 1 atom stereocenters. The second-order valence-electron chi connectivity index (χ2n) is 8.38. The Labute approximate surface area is 187 Å². The molecule has 7 heteroatoms. The van der Waals surface area contributed by atoms with Crippen molar-refractivity contribution in [3.05, 3.63) is 72.2 Å². The Morgan fingerprint density at radius 2 is 1.81 bits per heavy atom. The van der Waals surface area contributed by atoms with Crippen molar-refractivity contribution in [2.24, 2.45) is 0 Å². The number of halogens is 1. The highest BCUT2D eigenvalue weighted by Crippen LogP contribution is 2.33. The second-order valence-corrected chi connectivity index (χ2v) is 8.38. The quantitative estimate of drug-likeness (QED) is 0.320. The van der Waals surface area contributed by atoms with Crippen LogP contribution < -0.4 is 4.74 Å². The Kier molecular flexibility index (Phi) is 7.41. The summed E-state index contributed by atoms with van der Waals surface area (Å²) in [5.74, 6) is 0.281. The zero-order valence-corrected chi connectivity index (χ0v) is 18.5. The molecule has 0 bridgehead atoms. The zero-order valence-electron chi connectivity index (χ0n) is 18.5. The van der Waals surface area contributed by atoms with Gasteiger partial charge in [-0.05, 0) is 70.0 Å². The van der Waals surface area contributed by atoms with E-state index in [1.807, 2.05) is 30.3 Å². The van der Waals surface area contributed by atoms with Gasteiger partial charge >= 0.3 is 6.09 Å². The molecule has 1 heterocycles. The molecule has 168 valence electrons. The minimum absolute atomic E-state index is 0.370. The molecule has 1 aromatic heterocycles. The van der Waals surface area contributed by atoms with Gasteiger partial charge in [-0.15, -0.1) is 0 Å². The van der Waals surface area contributed by atoms with Crippen molar-refractivity contribution in [1.82, 2.24) is 9.78 Å². The number of aromatic nitrogens is 2. The maximum absolute atomic E-state index is 13.5. The van der Waals surface area contributed by atoms with Gasteiger partial charge in [0.15, 0.2) is 0 Å². The minimum Gasteiger partial charge on any atom is -0.486 e. The number of carbonyl (C=O) groups is 2. The van der Waals surface area contributed by atoms with E-state index in [4.69, 9.17) is 9.47 Å². The molecule has 0 radical (unpaired) electrons. The van der Waals surface area contributed by atoms with E-state index in [0.29, 0.717) is 41.8 Å². The summed E-state index contributed by atoms with van der Waals surface area (Å²) in [5.41, 5.74) is 1.09.